The molecule has 0 spiro atoms. The largest absolute Gasteiger partial charge is 0.490 e. The number of likely N-dealkylation sites (tertiary alicyclic amines) is 1. The third kappa shape index (κ3) is 4.71. The second-order valence-corrected chi connectivity index (χ2v) is 6.87. The fourth-order valence-electron chi connectivity index (χ4n) is 3.54. The minimum atomic E-state index is -0.255. The molecule has 2 amide bonds. The van der Waals surface area contributed by atoms with Crippen LogP contribution >= 0.6 is 0 Å². The summed E-state index contributed by atoms with van der Waals surface area (Å²) in [5, 5.41) is 0. The molecule has 0 radical (unpaired) electrons. The fourth-order valence-corrected chi connectivity index (χ4v) is 3.54. The zero-order valence-electron chi connectivity index (χ0n) is 16.5. The molecular formula is C23H27NO4. The van der Waals surface area contributed by atoms with E-state index < -0.39 is 0 Å². The number of benzene rings is 2. The summed E-state index contributed by atoms with van der Waals surface area (Å²) in [6.07, 6.45) is 1.50. The Hall–Kier alpha value is -2.82. The Kier molecular flexibility index (Phi) is 6.69. The van der Waals surface area contributed by atoms with Crippen LogP contribution in [0.15, 0.2) is 48.5 Å². The molecule has 3 rings (SSSR count). The molecule has 2 aromatic rings. The minimum absolute atomic E-state index is 0.0650. The maximum absolute atomic E-state index is 12.7. The first kappa shape index (κ1) is 19.9. The van der Waals surface area contributed by atoms with Crippen LogP contribution in [0.25, 0.3) is 0 Å². The molecule has 5 nitrogen and oxygen atoms in total. The van der Waals surface area contributed by atoms with Crippen LogP contribution in [0.4, 0.5) is 0 Å². The summed E-state index contributed by atoms with van der Waals surface area (Å²) in [6, 6.07) is 15.6. The summed E-state index contributed by atoms with van der Waals surface area (Å²) in [5.74, 6) is 1.01. The lowest BCUT2D eigenvalue weighted by atomic mass is 9.98. The van der Waals surface area contributed by atoms with E-state index in [9.17, 15) is 9.59 Å². The quantitative estimate of drug-likeness (QED) is 0.622. The molecule has 5 heteroatoms. The first-order chi connectivity index (χ1) is 13.6. The molecule has 0 aromatic heterocycles. The van der Waals surface area contributed by atoms with E-state index in [1.807, 2.05) is 62.4 Å². The Morgan fingerprint density at radius 2 is 1.64 bits per heavy atom. The molecule has 0 N–H and O–H groups in total. The lowest BCUT2D eigenvalue weighted by molar-refractivity contribution is -0.139. The van der Waals surface area contributed by atoms with Crippen LogP contribution in [0.3, 0.4) is 0 Å². The second kappa shape index (κ2) is 9.40. The Morgan fingerprint density at radius 1 is 0.929 bits per heavy atom. The smallest absolute Gasteiger partial charge is 0.233 e. The molecule has 1 saturated heterocycles. The molecule has 1 atom stereocenters. The van der Waals surface area contributed by atoms with Crippen molar-refractivity contribution in [2.24, 2.45) is 5.92 Å². The number of carbonyl (C=O) groups is 2. The van der Waals surface area contributed by atoms with Crippen molar-refractivity contribution in [3.63, 3.8) is 0 Å². The van der Waals surface area contributed by atoms with Gasteiger partial charge in [-0.3, -0.25) is 14.5 Å². The van der Waals surface area contributed by atoms with Gasteiger partial charge in [0, 0.05) is 13.0 Å². The molecule has 28 heavy (non-hydrogen) atoms. The predicted octanol–water partition coefficient (Wildman–Crippen LogP) is 3.64. The lowest BCUT2D eigenvalue weighted by Crippen LogP contribution is -2.33. The molecule has 0 saturated carbocycles. The van der Waals surface area contributed by atoms with Crippen LogP contribution < -0.4 is 9.47 Å². The van der Waals surface area contributed by atoms with Crippen LogP contribution in [0.5, 0.6) is 11.5 Å². The average molecular weight is 381 g/mol. The summed E-state index contributed by atoms with van der Waals surface area (Å²) < 4.78 is 11.2. The molecular weight excluding hydrogens is 354 g/mol. The third-order valence-corrected chi connectivity index (χ3v) is 4.89. The van der Waals surface area contributed by atoms with Gasteiger partial charge in [0.15, 0.2) is 11.5 Å². The first-order valence-electron chi connectivity index (χ1n) is 9.89. The molecule has 0 bridgehead atoms. The normalized spacial score (nSPS) is 16.5. The topological polar surface area (TPSA) is 55.8 Å². The molecule has 1 aliphatic heterocycles. The molecule has 0 unspecified atom stereocenters. The number of hydrogen-bond acceptors (Lipinski definition) is 4. The van der Waals surface area contributed by atoms with Crippen LogP contribution in [-0.4, -0.2) is 36.5 Å². The molecule has 1 heterocycles. The van der Waals surface area contributed by atoms with E-state index in [4.69, 9.17) is 9.47 Å². The van der Waals surface area contributed by atoms with Crippen molar-refractivity contribution in [2.45, 2.75) is 33.1 Å². The molecule has 2 aromatic carbocycles. The van der Waals surface area contributed by atoms with Crippen molar-refractivity contribution in [1.29, 1.82) is 0 Å². The molecule has 148 valence electrons. The van der Waals surface area contributed by atoms with Crippen LogP contribution in [-0.2, 0) is 22.4 Å². The number of amides is 2. The number of ether oxygens (including phenoxy) is 2. The number of hydrogen-bond donors (Lipinski definition) is 0. The maximum atomic E-state index is 12.7. The van der Waals surface area contributed by atoms with Gasteiger partial charge in [0.25, 0.3) is 0 Å². The molecule has 1 aliphatic rings. The van der Waals surface area contributed by atoms with Crippen molar-refractivity contribution in [1.82, 2.24) is 4.90 Å². The first-order valence-corrected chi connectivity index (χ1v) is 9.89. The van der Waals surface area contributed by atoms with Crippen molar-refractivity contribution >= 4 is 11.8 Å². The van der Waals surface area contributed by atoms with Crippen LogP contribution in [0.1, 0.15) is 31.4 Å². The Labute approximate surface area is 166 Å². The standard InChI is InChI=1S/C23H27NO4/c1-3-27-20-11-10-18(15-21(20)28-4-2)12-13-24-22(25)16-19(23(24)26)14-17-8-6-5-7-9-17/h5-11,15,19H,3-4,12-14,16H2,1-2H3/t19-/m1/s1. The van der Waals surface area contributed by atoms with Gasteiger partial charge in [-0.05, 0) is 49.9 Å². The summed E-state index contributed by atoms with van der Waals surface area (Å²) in [7, 11) is 0. The average Bonchev–Trinajstić information content (AvgIpc) is 2.96. The summed E-state index contributed by atoms with van der Waals surface area (Å²) in [4.78, 5) is 26.5. The van der Waals surface area contributed by atoms with E-state index >= 15 is 0 Å². The van der Waals surface area contributed by atoms with Gasteiger partial charge in [-0.15, -0.1) is 0 Å². The van der Waals surface area contributed by atoms with Gasteiger partial charge >= 0.3 is 0 Å². The van der Waals surface area contributed by atoms with Gasteiger partial charge in [-0.25, -0.2) is 0 Å². The number of imide groups is 1. The van der Waals surface area contributed by atoms with Gasteiger partial charge in [-0.1, -0.05) is 36.4 Å². The minimum Gasteiger partial charge on any atom is -0.490 e. The van der Waals surface area contributed by atoms with E-state index in [0.717, 1.165) is 11.1 Å². The number of nitrogens with zero attached hydrogens (tertiary/aromatic N) is 1. The predicted molar refractivity (Wildman–Crippen MR) is 107 cm³/mol. The Balaban J connectivity index is 1.63. The highest BCUT2D eigenvalue weighted by molar-refractivity contribution is 6.03. The van der Waals surface area contributed by atoms with Gasteiger partial charge < -0.3 is 9.47 Å². The second-order valence-electron chi connectivity index (χ2n) is 6.87. The van der Waals surface area contributed by atoms with Crippen LogP contribution in [0.2, 0.25) is 0 Å². The highest BCUT2D eigenvalue weighted by Crippen LogP contribution is 2.29. The van der Waals surface area contributed by atoms with Gasteiger partial charge in [0.05, 0.1) is 19.1 Å². The van der Waals surface area contributed by atoms with Gasteiger partial charge in [0.1, 0.15) is 0 Å². The lowest BCUT2D eigenvalue weighted by Gasteiger charge is -2.16. The Morgan fingerprint density at radius 3 is 2.36 bits per heavy atom. The SMILES string of the molecule is CCOc1ccc(CCN2C(=O)C[C@@H](Cc3ccccc3)C2=O)cc1OCC. The summed E-state index contributed by atoms with van der Waals surface area (Å²) in [6.45, 7) is 5.37. The van der Waals surface area contributed by atoms with Crippen LogP contribution in [0, 0.1) is 5.92 Å². The van der Waals surface area contributed by atoms with E-state index in [2.05, 4.69) is 0 Å². The van der Waals surface area contributed by atoms with Crippen molar-refractivity contribution < 1.29 is 19.1 Å². The zero-order chi connectivity index (χ0) is 19.9. The van der Waals surface area contributed by atoms with Gasteiger partial charge in [0.2, 0.25) is 11.8 Å². The number of rotatable bonds is 9. The van der Waals surface area contributed by atoms with E-state index in [1.54, 1.807) is 0 Å². The van der Waals surface area contributed by atoms with E-state index in [-0.39, 0.29) is 17.7 Å². The summed E-state index contributed by atoms with van der Waals surface area (Å²) in [5.41, 5.74) is 2.10. The summed E-state index contributed by atoms with van der Waals surface area (Å²) >= 11 is 0. The Bertz CT molecular complexity index is 819. The maximum Gasteiger partial charge on any atom is 0.233 e. The highest BCUT2D eigenvalue weighted by atomic mass is 16.5. The van der Waals surface area contributed by atoms with Gasteiger partial charge in [-0.2, -0.15) is 0 Å². The number of carbonyl (C=O) groups excluding carboxylic acids is 2. The van der Waals surface area contributed by atoms with E-state index in [1.165, 1.54) is 4.90 Å². The molecule has 0 aliphatic carbocycles. The third-order valence-electron chi connectivity index (χ3n) is 4.89. The van der Waals surface area contributed by atoms with Crippen molar-refractivity contribution in [3.05, 3.63) is 59.7 Å². The zero-order valence-corrected chi connectivity index (χ0v) is 16.5. The van der Waals surface area contributed by atoms with Crippen molar-refractivity contribution in [3.8, 4) is 11.5 Å². The van der Waals surface area contributed by atoms with E-state index in [0.29, 0.717) is 50.5 Å². The highest BCUT2D eigenvalue weighted by Gasteiger charge is 2.37. The monoisotopic (exact) mass is 381 g/mol. The fraction of sp³-hybridized carbons (Fsp3) is 0.391. The van der Waals surface area contributed by atoms with Crippen molar-refractivity contribution in [2.75, 3.05) is 19.8 Å². The molecule has 1 fully saturated rings.